The van der Waals surface area contributed by atoms with E-state index in [0.29, 0.717) is 40.6 Å². The molecule has 158 valence electrons. The summed E-state index contributed by atoms with van der Waals surface area (Å²) in [5, 5.41) is 0.848. The Morgan fingerprint density at radius 2 is 1.65 bits per heavy atom. The first kappa shape index (κ1) is 21.0. The molecule has 0 N–H and O–H groups in total. The standard InChI is InChI=1S/C25H21BrO5/c1-15-20-10-9-19(30-14-16-4-7-18(26)8-5-16)13-22(20)31-25(27)24(15)17-6-11-21(28-2)23(12-17)29-3/h4-13H,14H2,1-3H3. The summed E-state index contributed by atoms with van der Waals surface area (Å²) in [6.07, 6.45) is 0. The Balaban J connectivity index is 1.68. The molecule has 1 aromatic heterocycles. The lowest BCUT2D eigenvalue weighted by Crippen LogP contribution is -2.06. The van der Waals surface area contributed by atoms with E-state index in [2.05, 4.69) is 15.9 Å². The zero-order valence-corrected chi connectivity index (χ0v) is 19.0. The molecule has 4 aromatic rings. The van der Waals surface area contributed by atoms with Crippen LogP contribution in [0.3, 0.4) is 0 Å². The highest BCUT2D eigenvalue weighted by atomic mass is 79.9. The van der Waals surface area contributed by atoms with E-state index >= 15 is 0 Å². The van der Waals surface area contributed by atoms with E-state index in [9.17, 15) is 4.79 Å². The Morgan fingerprint density at radius 1 is 0.903 bits per heavy atom. The quantitative estimate of drug-likeness (QED) is 0.310. The summed E-state index contributed by atoms with van der Waals surface area (Å²) in [6.45, 7) is 2.33. The van der Waals surface area contributed by atoms with Gasteiger partial charge in [0.15, 0.2) is 11.5 Å². The van der Waals surface area contributed by atoms with E-state index < -0.39 is 5.63 Å². The first-order valence-corrected chi connectivity index (χ1v) is 10.5. The van der Waals surface area contributed by atoms with Crippen LogP contribution in [0.2, 0.25) is 0 Å². The van der Waals surface area contributed by atoms with Crippen molar-refractivity contribution in [3.05, 3.63) is 86.7 Å². The van der Waals surface area contributed by atoms with Gasteiger partial charge in [0.25, 0.3) is 0 Å². The fraction of sp³-hybridized carbons (Fsp3) is 0.160. The van der Waals surface area contributed by atoms with Gasteiger partial charge in [0.1, 0.15) is 17.9 Å². The molecule has 5 nitrogen and oxygen atoms in total. The molecule has 4 rings (SSSR count). The van der Waals surface area contributed by atoms with Gasteiger partial charge in [-0.1, -0.05) is 34.1 Å². The summed E-state index contributed by atoms with van der Waals surface area (Å²) in [7, 11) is 3.14. The van der Waals surface area contributed by atoms with Crippen LogP contribution in [0.25, 0.3) is 22.1 Å². The predicted molar refractivity (Wildman–Crippen MR) is 124 cm³/mol. The molecule has 0 saturated carbocycles. The zero-order valence-electron chi connectivity index (χ0n) is 17.4. The summed E-state index contributed by atoms with van der Waals surface area (Å²) in [6, 6.07) is 18.8. The third kappa shape index (κ3) is 4.30. The van der Waals surface area contributed by atoms with Crippen molar-refractivity contribution in [3.8, 4) is 28.4 Å². The van der Waals surface area contributed by atoms with Gasteiger partial charge in [0.2, 0.25) is 0 Å². The van der Waals surface area contributed by atoms with Crippen molar-refractivity contribution >= 4 is 26.9 Å². The van der Waals surface area contributed by atoms with Gasteiger partial charge in [0.05, 0.1) is 19.8 Å². The average molecular weight is 481 g/mol. The topological polar surface area (TPSA) is 57.9 Å². The molecule has 0 amide bonds. The van der Waals surface area contributed by atoms with Gasteiger partial charge >= 0.3 is 5.63 Å². The van der Waals surface area contributed by atoms with Crippen molar-refractivity contribution in [3.63, 3.8) is 0 Å². The number of benzene rings is 3. The molecule has 0 bridgehead atoms. The second-order valence-electron chi connectivity index (χ2n) is 7.03. The lowest BCUT2D eigenvalue weighted by molar-refractivity contribution is 0.306. The van der Waals surface area contributed by atoms with Gasteiger partial charge in [-0.05, 0) is 60.0 Å². The fourth-order valence-corrected chi connectivity index (χ4v) is 3.76. The minimum atomic E-state index is -0.415. The lowest BCUT2D eigenvalue weighted by Gasteiger charge is -2.12. The molecule has 0 spiro atoms. The molecule has 0 radical (unpaired) electrons. The molecular formula is C25H21BrO5. The fourth-order valence-electron chi connectivity index (χ4n) is 3.50. The Bertz CT molecular complexity index is 1290. The number of fused-ring (bicyclic) bond motifs is 1. The van der Waals surface area contributed by atoms with Gasteiger partial charge in [-0.2, -0.15) is 0 Å². The lowest BCUT2D eigenvalue weighted by atomic mass is 9.99. The van der Waals surface area contributed by atoms with E-state index in [1.165, 1.54) is 0 Å². The predicted octanol–water partition coefficient (Wildman–Crippen LogP) is 6.13. The molecule has 3 aromatic carbocycles. The molecule has 6 heteroatoms. The summed E-state index contributed by atoms with van der Waals surface area (Å²) in [4.78, 5) is 12.8. The third-order valence-corrected chi connectivity index (χ3v) is 5.66. The maximum Gasteiger partial charge on any atom is 0.344 e. The number of rotatable bonds is 6. The molecule has 0 aliphatic heterocycles. The Labute approximate surface area is 188 Å². The summed E-state index contributed by atoms with van der Waals surface area (Å²) >= 11 is 3.42. The zero-order chi connectivity index (χ0) is 22.0. The second kappa shape index (κ2) is 8.86. The van der Waals surface area contributed by atoms with Crippen molar-refractivity contribution in [2.45, 2.75) is 13.5 Å². The van der Waals surface area contributed by atoms with E-state index in [1.54, 1.807) is 32.4 Å². The van der Waals surface area contributed by atoms with Crippen LogP contribution in [0.1, 0.15) is 11.1 Å². The van der Waals surface area contributed by atoms with Crippen LogP contribution >= 0.6 is 15.9 Å². The van der Waals surface area contributed by atoms with Crippen LogP contribution < -0.4 is 19.8 Å². The highest BCUT2D eigenvalue weighted by molar-refractivity contribution is 9.10. The van der Waals surface area contributed by atoms with Gasteiger partial charge in [-0.15, -0.1) is 0 Å². The van der Waals surface area contributed by atoms with E-state index in [1.807, 2.05) is 49.4 Å². The minimum absolute atomic E-state index is 0.415. The summed E-state index contributed by atoms with van der Waals surface area (Å²) < 4.78 is 23.2. The van der Waals surface area contributed by atoms with Crippen molar-refractivity contribution < 1.29 is 18.6 Å². The van der Waals surface area contributed by atoms with Gasteiger partial charge in [0, 0.05) is 15.9 Å². The molecule has 0 saturated heterocycles. The number of methoxy groups -OCH3 is 2. The summed E-state index contributed by atoms with van der Waals surface area (Å²) in [5.74, 6) is 1.79. The van der Waals surface area contributed by atoms with Crippen LogP contribution in [0.15, 0.2) is 74.3 Å². The molecule has 0 atom stereocenters. The first-order valence-electron chi connectivity index (χ1n) is 9.67. The monoisotopic (exact) mass is 480 g/mol. The highest BCUT2D eigenvalue weighted by Crippen LogP contribution is 2.34. The number of halogens is 1. The van der Waals surface area contributed by atoms with Crippen molar-refractivity contribution in [2.75, 3.05) is 14.2 Å². The smallest absolute Gasteiger partial charge is 0.344 e. The molecule has 31 heavy (non-hydrogen) atoms. The first-order chi connectivity index (χ1) is 15.0. The number of aryl methyl sites for hydroxylation is 1. The van der Waals surface area contributed by atoms with Crippen LogP contribution in [0, 0.1) is 6.92 Å². The maximum atomic E-state index is 12.8. The molecule has 0 fully saturated rings. The molecule has 0 unspecified atom stereocenters. The SMILES string of the molecule is COc1ccc(-c2c(C)c3ccc(OCc4ccc(Br)cc4)cc3oc2=O)cc1OC. The maximum absolute atomic E-state index is 12.8. The highest BCUT2D eigenvalue weighted by Gasteiger charge is 2.16. The summed E-state index contributed by atoms with van der Waals surface area (Å²) in [5.41, 5.74) is 3.16. The number of ether oxygens (including phenoxy) is 3. The van der Waals surface area contributed by atoms with Crippen LogP contribution in [-0.4, -0.2) is 14.2 Å². The van der Waals surface area contributed by atoms with Crippen LogP contribution in [-0.2, 0) is 6.61 Å². The minimum Gasteiger partial charge on any atom is -0.493 e. The Kier molecular flexibility index (Phi) is 6.00. The molecule has 1 heterocycles. The second-order valence-corrected chi connectivity index (χ2v) is 7.95. The third-order valence-electron chi connectivity index (χ3n) is 5.13. The van der Waals surface area contributed by atoms with Crippen LogP contribution in [0.5, 0.6) is 17.2 Å². The molecule has 0 aliphatic carbocycles. The van der Waals surface area contributed by atoms with Crippen molar-refractivity contribution in [1.82, 2.24) is 0 Å². The normalized spacial score (nSPS) is 10.8. The number of hydrogen-bond donors (Lipinski definition) is 0. The molecular weight excluding hydrogens is 460 g/mol. The molecule has 0 aliphatic rings. The van der Waals surface area contributed by atoms with E-state index in [-0.39, 0.29) is 0 Å². The van der Waals surface area contributed by atoms with Crippen molar-refractivity contribution in [1.29, 1.82) is 0 Å². The van der Waals surface area contributed by atoms with Crippen molar-refractivity contribution in [2.24, 2.45) is 0 Å². The van der Waals surface area contributed by atoms with Gasteiger partial charge in [-0.3, -0.25) is 0 Å². The Hall–Kier alpha value is -3.25. The van der Waals surface area contributed by atoms with Crippen LogP contribution in [0.4, 0.5) is 0 Å². The average Bonchev–Trinajstić information content (AvgIpc) is 2.78. The number of hydrogen-bond acceptors (Lipinski definition) is 5. The Morgan fingerprint density at radius 3 is 2.35 bits per heavy atom. The van der Waals surface area contributed by atoms with E-state index in [0.717, 1.165) is 21.0 Å². The van der Waals surface area contributed by atoms with Gasteiger partial charge < -0.3 is 18.6 Å². The van der Waals surface area contributed by atoms with Gasteiger partial charge in [-0.25, -0.2) is 4.79 Å². The van der Waals surface area contributed by atoms with E-state index in [4.69, 9.17) is 18.6 Å². The largest absolute Gasteiger partial charge is 0.493 e.